The average Bonchev–Trinajstić information content (AvgIpc) is 3.05. The van der Waals surface area contributed by atoms with Crippen LogP contribution in [0.5, 0.6) is 0 Å². The van der Waals surface area contributed by atoms with E-state index in [1.54, 1.807) is 41.5 Å². The van der Waals surface area contributed by atoms with Gasteiger partial charge in [-0.05, 0) is 64.6 Å². The molecule has 2 heterocycles. The first-order valence-electron chi connectivity index (χ1n) is 10.5. The van der Waals surface area contributed by atoms with Crippen molar-refractivity contribution in [2.24, 2.45) is 10.9 Å². The number of hydrogen-bond acceptors (Lipinski definition) is 7. The molecule has 10 heteroatoms. The summed E-state index contributed by atoms with van der Waals surface area (Å²) in [6, 6.07) is 4.21. The largest absolute Gasteiger partial charge is 0.444 e. The maximum atomic E-state index is 15.1. The van der Waals surface area contributed by atoms with Gasteiger partial charge in [-0.2, -0.15) is 0 Å². The zero-order valence-electron chi connectivity index (χ0n) is 19.7. The molecule has 33 heavy (non-hydrogen) atoms. The lowest BCUT2D eigenvalue weighted by atomic mass is 9.80. The minimum Gasteiger partial charge on any atom is -0.444 e. The fraction of sp³-hybridized carbons (Fsp3) is 0.522. The normalized spacial score (nSPS) is 22.8. The number of hydrogen-bond donors (Lipinski definition) is 2. The van der Waals surface area contributed by atoms with Crippen molar-refractivity contribution in [3.63, 3.8) is 0 Å². The Morgan fingerprint density at radius 2 is 1.76 bits per heavy atom. The summed E-state index contributed by atoms with van der Waals surface area (Å²) < 4.78 is 31.4. The Morgan fingerprint density at radius 3 is 2.36 bits per heavy atom. The van der Waals surface area contributed by atoms with Gasteiger partial charge in [-0.25, -0.2) is 19.0 Å². The minimum absolute atomic E-state index is 0.0869. The van der Waals surface area contributed by atoms with Gasteiger partial charge in [0.1, 0.15) is 22.6 Å². The van der Waals surface area contributed by atoms with Crippen LogP contribution in [-0.2, 0) is 19.7 Å². The highest BCUT2D eigenvalue weighted by molar-refractivity contribution is 8.17. The van der Waals surface area contributed by atoms with E-state index in [1.165, 1.54) is 30.0 Å². The quantitative estimate of drug-likeness (QED) is 0.608. The fourth-order valence-corrected chi connectivity index (χ4v) is 4.56. The maximum Gasteiger partial charge on any atom is 0.413 e. The van der Waals surface area contributed by atoms with Gasteiger partial charge in [0, 0.05) is 17.2 Å². The third-order valence-corrected chi connectivity index (χ3v) is 5.72. The topological polar surface area (TPSA) is 98.2 Å². The van der Waals surface area contributed by atoms with Crippen LogP contribution in [0.3, 0.4) is 0 Å². The lowest BCUT2D eigenvalue weighted by Gasteiger charge is -2.36. The number of anilines is 1. The van der Waals surface area contributed by atoms with Crippen LogP contribution in [-0.4, -0.2) is 41.8 Å². The average molecular weight is 480 g/mol. The van der Waals surface area contributed by atoms with Gasteiger partial charge in [0.25, 0.3) is 0 Å². The number of ether oxygens (including phenoxy) is 3. The monoisotopic (exact) mass is 479 g/mol. The molecule has 0 radical (unpaired) electrons. The summed E-state index contributed by atoms with van der Waals surface area (Å²) in [7, 11) is 0. The summed E-state index contributed by atoms with van der Waals surface area (Å²) >= 11 is 1.19. The molecule has 2 aliphatic heterocycles. The Balaban J connectivity index is 1.95. The zero-order valence-corrected chi connectivity index (χ0v) is 20.5. The van der Waals surface area contributed by atoms with Crippen LogP contribution in [0.1, 0.15) is 47.1 Å². The van der Waals surface area contributed by atoms with Crippen LogP contribution < -0.4 is 10.6 Å². The number of amidine groups is 1. The fourth-order valence-electron chi connectivity index (χ4n) is 3.57. The zero-order chi connectivity index (χ0) is 24.6. The number of nitrogens with one attached hydrogen (secondary N) is 2. The number of amides is 2. The van der Waals surface area contributed by atoms with Crippen molar-refractivity contribution in [3.05, 3.63) is 41.1 Å². The minimum atomic E-state index is -1.15. The van der Waals surface area contributed by atoms with Crippen molar-refractivity contribution < 1.29 is 28.2 Å². The van der Waals surface area contributed by atoms with Gasteiger partial charge in [-0.15, -0.1) is 0 Å². The van der Waals surface area contributed by atoms with Gasteiger partial charge < -0.3 is 14.2 Å². The van der Waals surface area contributed by atoms with E-state index in [4.69, 9.17) is 19.2 Å². The highest BCUT2D eigenvalue weighted by atomic mass is 32.2. The molecule has 180 valence electrons. The number of benzene rings is 1. The molecule has 0 spiro atoms. The number of thioether (sulfide) groups is 1. The molecule has 0 saturated carbocycles. The predicted molar refractivity (Wildman–Crippen MR) is 126 cm³/mol. The van der Waals surface area contributed by atoms with E-state index in [0.29, 0.717) is 17.2 Å². The molecule has 2 amide bonds. The van der Waals surface area contributed by atoms with Crippen molar-refractivity contribution in [3.8, 4) is 0 Å². The number of aliphatic imine (C=N–C) groups is 1. The maximum absolute atomic E-state index is 15.1. The number of carbonyl (C=O) groups excluding carboxylic acids is 2. The first-order valence-corrected chi connectivity index (χ1v) is 11.3. The molecule has 0 unspecified atom stereocenters. The summed E-state index contributed by atoms with van der Waals surface area (Å²) in [5.74, 6) is -0.835. The number of alkyl carbamates (subject to hydrolysis) is 1. The van der Waals surface area contributed by atoms with Crippen molar-refractivity contribution in [2.45, 2.75) is 58.3 Å². The third kappa shape index (κ3) is 6.05. The molecule has 1 aromatic carbocycles. The van der Waals surface area contributed by atoms with E-state index in [1.807, 2.05) is 0 Å². The highest BCUT2D eigenvalue weighted by Crippen LogP contribution is 2.50. The Morgan fingerprint density at radius 1 is 1.15 bits per heavy atom. The van der Waals surface area contributed by atoms with Crippen LogP contribution in [0, 0.1) is 11.7 Å². The Labute approximate surface area is 197 Å². The predicted octanol–water partition coefficient (Wildman–Crippen LogP) is 5.16. The van der Waals surface area contributed by atoms with E-state index in [2.05, 4.69) is 17.2 Å². The van der Waals surface area contributed by atoms with Crippen LogP contribution >= 0.6 is 11.8 Å². The SMILES string of the molecule is C=C1SC(NC(=O)OC(C)(C)C)=N[C@]2(c3cc(NC(=O)OC(C)(C)C)ccc3F)COC[C@H]12. The first-order chi connectivity index (χ1) is 15.2. The second-order valence-corrected chi connectivity index (χ2v) is 11.0. The van der Waals surface area contributed by atoms with Crippen LogP contribution in [0.4, 0.5) is 19.7 Å². The molecule has 2 atom stereocenters. The van der Waals surface area contributed by atoms with Gasteiger partial charge in [-0.1, -0.05) is 18.3 Å². The lowest BCUT2D eigenvalue weighted by Crippen LogP contribution is -2.43. The summed E-state index contributed by atoms with van der Waals surface area (Å²) in [5, 5.41) is 5.49. The molecule has 3 rings (SSSR count). The van der Waals surface area contributed by atoms with Crippen molar-refractivity contribution >= 4 is 34.8 Å². The van der Waals surface area contributed by atoms with E-state index < -0.39 is 34.7 Å². The van der Waals surface area contributed by atoms with E-state index in [-0.39, 0.29) is 23.3 Å². The Bertz CT molecular complexity index is 999. The number of nitrogens with zero attached hydrogens (tertiary/aromatic N) is 1. The molecule has 1 aromatic rings. The summed E-state index contributed by atoms with van der Waals surface area (Å²) in [4.78, 5) is 29.9. The molecule has 2 aliphatic rings. The third-order valence-electron chi connectivity index (χ3n) is 4.79. The van der Waals surface area contributed by atoms with Gasteiger partial charge in [-0.3, -0.25) is 10.6 Å². The Kier molecular flexibility index (Phi) is 6.82. The second kappa shape index (κ2) is 8.98. The van der Waals surface area contributed by atoms with E-state index in [0.717, 1.165) is 0 Å². The summed E-state index contributed by atoms with van der Waals surface area (Å²) in [6.07, 6.45) is -1.33. The molecular formula is C23H30FN3O5S. The lowest BCUT2D eigenvalue weighted by molar-refractivity contribution is 0.0562. The summed E-state index contributed by atoms with van der Waals surface area (Å²) in [6.45, 7) is 15.0. The van der Waals surface area contributed by atoms with Crippen LogP contribution in [0.2, 0.25) is 0 Å². The molecular weight excluding hydrogens is 449 g/mol. The van der Waals surface area contributed by atoms with E-state index >= 15 is 4.39 Å². The smallest absolute Gasteiger partial charge is 0.413 e. The van der Waals surface area contributed by atoms with Gasteiger partial charge >= 0.3 is 12.2 Å². The molecule has 2 N–H and O–H groups in total. The summed E-state index contributed by atoms with van der Waals surface area (Å²) in [5.41, 5.74) is -1.95. The number of fused-ring (bicyclic) bond motifs is 1. The van der Waals surface area contributed by atoms with Gasteiger partial charge in [0.15, 0.2) is 5.17 Å². The first kappa shape index (κ1) is 25.0. The van der Waals surface area contributed by atoms with Crippen LogP contribution in [0.25, 0.3) is 0 Å². The Hall–Kier alpha value is -2.59. The molecule has 1 saturated heterocycles. The molecule has 1 fully saturated rings. The van der Waals surface area contributed by atoms with Crippen molar-refractivity contribution in [2.75, 3.05) is 18.5 Å². The van der Waals surface area contributed by atoms with Crippen molar-refractivity contribution in [1.29, 1.82) is 0 Å². The number of rotatable bonds is 2. The highest BCUT2D eigenvalue weighted by Gasteiger charge is 2.51. The van der Waals surface area contributed by atoms with Gasteiger partial charge in [0.2, 0.25) is 0 Å². The van der Waals surface area contributed by atoms with Gasteiger partial charge in [0.05, 0.1) is 13.2 Å². The van der Waals surface area contributed by atoms with E-state index in [9.17, 15) is 9.59 Å². The molecule has 0 bridgehead atoms. The molecule has 0 aromatic heterocycles. The molecule has 8 nitrogen and oxygen atoms in total. The standard InChI is InChI=1S/C23H30FN3O5S/c1-13-16-11-30-12-23(16,27-18(33-13)26-20(29)32-22(5,6)7)15-10-14(8-9-17(15)24)25-19(28)31-21(2,3)4/h8-10,16H,1,11-12H2,2-7H3,(H,25,28)(H,26,27,29)/t16-,23+/m1/s1. The second-order valence-electron chi connectivity index (χ2n) is 9.93. The number of halogens is 1. The number of carbonyl (C=O) groups is 2. The molecule has 0 aliphatic carbocycles. The van der Waals surface area contributed by atoms with Crippen molar-refractivity contribution in [1.82, 2.24) is 5.32 Å². The van der Waals surface area contributed by atoms with Crippen LogP contribution in [0.15, 0.2) is 34.7 Å².